The number of aromatic amines is 2. The first-order valence-corrected chi connectivity index (χ1v) is 10.4. The summed E-state index contributed by atoms with van der Waals surface area (Å²) in [7, 11) is 1.53. The standard InChI is InChI=1S/C21H22F2N2O5S/c1-11-7-15-18(24-21(28)25-20(15)27)19(31-10-13(9-26)30-6-5-29-2)17(11)14-4-3-12(22)8-16(14)23/h3-4,7-8,13,26H,5-6,9-10H2,1-2H3,(H2,24,25,27,28)/t13-/m1/s1. The fraction of sp³-hybridized carbons (Fsp3) is 0.333. The molecule has 0 saturated heterocycles. The molecular formula is C21H22F2N2O5S. The number of H-pyrrole nitrogens is 2. The summed E-state index contributed by atoms with van der Waals surface area (Å²) in [4.78, 5) is 29.5. The molecule has 1 atom stereocenters. The molecule has 0 radical (unpaired) electrons. The number of nitrogens with one attached hydrogen (secondary N) is 2. The van der Waals surface area contributed by atoms with Crippen LogP contribution in [0, 0.1) is 18.6 Å². The van der Waals surface area contributed by atoms with E-state index in [1.165, 1.54) is 24.9 Å². The number of aliphatic hydroxyl groups excluding tert-OH is 1. The molecule has 3 aromatic rings. The molecule has 0 spiro atoms. The molecule has 166 valence electrons. The number of benzene rings is 2. The van der Waals surface area contributed by atoms with Gasteiger partial charge in [-0.25, -0.2) is 13.6 Å². The molecule has 3 N–H and O–H groups in total. The highest BCUT2D eigenvalue weighted by Gasteiger charge is 2.21. The maximum absolute atomic E-state index is 14.7. The summed E-state index contributed by atoms with van der Waals surface area (Å²) >= 11 is 1.20. The highest BCUT2D eigenvalue weighted by Crippen LogP contribution is 2.39. The van der Waals surface area contributed by atoms with Crippen molar-refractivity contribution < 1.29 is 23.4 Å². The van der Waals surface area contributed by atoms with E-state index in [9.17, 15) is 23.5 Å². The van der Waals surface area contributed by atoms with Crippen molar-refractivity contribution in [3.63, 3.8) is 0 Å². The maximum atomic E-state index is 14.7. The van der Waals surface area contributed by atoms with Crippen LogP contribution in [0.25, 0.3) is 22.0 Å². The van der Waals surface area contributed by atoms with Crippen molar-refractivity contribution in [3.05, 3.63) is 62.3 Å². The summed E-state index contributed by atoms with van der Waals surface area (Å²) < 4.78 is 38.6. The first-order valence-electron chi connectivity index (χ1n) is 9.45. The van der Waals surface area contributed by atoms with E-state index in [2.05, 4.69) is 9.97 Å². The minimum Gasteiger partial charge on any atom is -0.394 e. The zero-order chi connectivity index (χ0) is 22.5. The average molecular weight is 452 g/mol. The van der Waals surface area contributed by atoms with Gasteiger partial charge in [-0.05, 0) is 30.7 Å². The van der Waals surface area contributed by atoms with Crippen molar-refractivity contribution in [2.24, 2.45) is 0 Å². The minimum absolute atomic E-state index is 0.130. The van der Waals surface area contributed by atoms with Gasteiger partial charge in [0.05, 0.1) is 36.8 Å². The van der Waals surface area contributed by atoms with Crippen LogP contribution in [0.1, 0.15) is 5.56 Å². The lowest BCUT2D eigenvalue weighted by Gasteiger charge is -2.19. The van der Waals surface area contributed by atoms with Crippen LogP contribution in [-0.2, 0) is 9.47 Å². The van der Waals surface area contributed by atoms with Crippen LogP contribution < -0.4 is 11.2 Å². The Balaban J connectivity index is 2.15. The predicted octanol–water partition coefficient (Wildman–Crippen LogP) is 2.59. The van der Waals surface area contributed by atoms with Crippen LogP contribution in [-0.4, -0.2) is 53.9 Å². The number of thioether (sulfide) groups is 1. The monoisotopic (exact) mass is 452 g/mol. The lowest BCUT2D eigenvalue weighted by Crippen LogP contribution is -2.24. The first-order chi connectivity index (χ1) is 14.8. The van der Waals surface area contributed by atoms with E-state index in [0.29, 0.717) is 22.6 Å². The third-order valence-electron chi connectivity index (χ3n) is 4.65. The molecule has 0 aliphatic carbocycles. The molecule has 0 aliphatic heterocycles. The van der Waals surface area contributed by atoms with Gasteiger partial charge in [-0.1, -0.05) is 0 Å². The Kier molecular flexibility index (Phi) is 7.60. The second kappa shape index (κ2) is 10.2. The lowest BCUT2D eigenvalue weighted by molar-refractivity contribution is 0.00140. The molecule has 0 saturated carbocycles. The number of ether oxygens (including phenoxy) is 2. The summed E-state index contributed by atoms with van der Waals surface area (Å²) in [6, 6.07) is 4.78. The van der Waals surface area contributed by atoms with Crippen molar-refractivity contribution >= 4 is 22.7 Å². The number of fused-ring (bicyclic) bond motifs is 1. The third kappa shape index (κ3) is 5.21. The van der Waals surface area contributed by atoms with Crippen LogP contribution in [0.15, 0.2) is 38.8 Å². The summed E-state index contributed by atoms with van der Waals surface area (Å²) in [5, 5.41) is 9.86. The fourth-order valence-corrected chi connectivity index (χ4v) is 4.48. The van der Waals surface area contributed by atoms with Crippen molar-refractivity contribution in [2.75, 3.05) is 32.7 Å². The molecule has 10 heteroatoms. The second-order valence-corrected chi connectivity index (χ2v) is 7.86. The van der Waals surface area contributed by atoms with Gasteiger partial charge in [-0.3, -0.25) is 9.78 Å². The second-order valence-electron chi connectivity index (χ2n) is 6.83. The van der Waals surface area contributed by atoms with Gasteiger partial charge in [0.1, 0.15) is 11.6 Å². The van der Waals surface area contributed by atoms with Gasteiger partial charge in [0.25, 0.3) is 5.56 Å². The topological polar surface area (TPSA) is 104 Å². The van der Waals surface area contributed by atoms with Gasteiger partial charge < -0.3 is 19.6 Å². The number of halogens is 2. The molecular weight excluding hydrogens is 430 g/mol. The van der Waals surface area contributed by atoms with E-state index in [4.69, 9.17) is 9.47 Å². The van der Waals surface area contributed by atoms with Crippen LogP contribution in [0.5, 0.6) is 0 Å². The Labute approximate surface area is 180 Å². The average Bonchev–Trinajstić information content (AvgIpc) is 2.72. The predicted molar refractivity (Wildman–Crippen MR) is 115 cm³/mol. The minimum atomic E-state index is -0.772. The van der Waals surface area contributed by atoms with Crippen molar-refractivity contribution in [1.82, 2.24) is 9.97 Å². The molecule has 0 amide bonds. The highest BCUT2D eigenvalue weighted by atomic mass is 32.2. The van der Waals surface area contributed by atoms with Gasteiger partial charge >= 0.3 is 5.69 Å². The molecule has 0 aliphatic rings. The number of hydrogen-bond donors (Lipinski definition) is 3. The van der Waals surface area contributed by atoms with E-state index >= 15 is 0 Å². The molecule has 0 fully saturated rings. The van der Waals surface area contributed by atoms with Crippen LogP contribution in [0.2, 0.25) is 0 Å². The van der Waals surface area contributed by atoms with Crippen LogP contribution in [0.3, 0.4) is 0 Å². The fourth-order valence-electron chi connectivity index (χ4n) is 3.20. The largest absolute Gasteiger partial charge is 0.394 e. The van der Waals surface area contributed by atoms with E-state index < -0.39 is 29.0 Å². The molecule has 3 rings (SSSR count). The Morgan fingerprint density at radius 3 is 2.61 bits per heavy atom. The summed E-state index contributed by atoms with van der Waals surface area (Å²) in [6.45, 7) is 2.05. The van der Waals surface area contributed by atoms with Gasteiger partial charge in [0.15, 0.2) is 0 Å². The zero-order valence-corrected chi connectivity index (χ0v) is 17.8. The van der Waals surface area contributed by atoms with Crippen molar-refractivity contribution in [1.29, 1.82) is 0 Å². The van der Waals surface area contributed by atoms with E-state index in [1.54, 1.807) is 13.0 Å². The highest BCUT2D eigenvalue weighted by molar-refractivity contribution is 7.99. The third-order valence-corrected chi connectivity index (χ3v) is 5.88. The first kappa shape index (κ1) is 23.1. The summed E-state index contributed by atoms with van der Waals surface area (Å²) in [5.74, 6) is -1.24. The van der Waals surface area contributed by atoms with Crippen LogP contribution in [0.4, 0.5) is 8.78 Å². The maximum Gasteiger partial charge on any atom is 0.326 e. The smallest absolute Gasteiger partial charge is 0.326 e. The Morgan fingerprint density at radius 1 is 1.16 bits per heavy atom. The molecule has 0 bridgehead atoms. The number of rotatable bonds is 9. The molecule has 1 heterocycles. The molecule has 0 unspecified atom stereocenters. The van der Waals surface area contributed by atoms with Crippen molar-refractivity contribution in [3.8, 4) is 11.1 Å². The van der Waals surface area contributed by atoms with Gasteiger partial charge in [0.2, 0.25) is 0 Å². The Bertz CT molecular complexity index is 1190. The van der Waals surface area contributed by atoms with E-state index in [-0.39, 0.29) is 35.4 Å². The van der Waals surface area contributed by atoms with E-state index in [0.717, 1.165) is 12.1 Å². The Hall–Kier alpha value is -2.53. The van der Waals surface area contributed by atoms with Crippen molar-refractivity contribution in [2.45, 2.75) is 17.9 Å². The van der Waals surface area contributed by atoms with Gasteiger partial charge in [0, 0.05) is 35.0 Å². The number of methoxy groups -OCH3 is 1. The molecule has 1 aromatic heterocycles. The van der Waals surface area contributed by atoms with Crippen LogP contribution >= 0.6 is 11.8 Å². The summed E-state index contributed by atoms with van der Waals surface area (Å²) in [6.07, 6.45) is -0.560. The normalized spacial score (nSPS) is 12.4. The zero-order valence-electron chi connectivity index (χ0n) is 17.0. The molecule has 31 heavy (non-hydrogen) atoms. The number of hydrogen-bond acceptors (Lipinski definition) is 6. The molecule has 7 nitrogen and oxygen atoms in total. The quantitative estimate of drug-likeness (QED) is 0.341. The SMILES string of the molecule is COCCO[C@H](CO)CSc1c(-c2ccc(F)cc2F)c(C)cc2c(=O)[nH]c(=O)[nH]c12. The van der Waals surface area contributed by atoms with Gasteiger partial charge in [-0.2, -0.15) is 0 Å². The Morgan fingerprint density at radius 2 is 1.94 bits per heavy atom. The van der Waals surface area contributed by atoms with Gasteiger partial charge in [-0.15, -0.1) is 11.8 Å². The number of aliphatic hydroxyl groups is 1. The lowest BCUT2D eigenvalue weighted by atomic mass is 9.98. The number of aromatic nitrogens is 2. The number of aryl methyl sites for hydroxylation is 1. The summed E-state index contributed by atoms with van der Waals surface area (Å²) in [5.41, 5.74) is 0.0688. The molecule has 2 aromatic carbocycles. The van der Waals surface area contributed by atoms with E-state index in [1.807, 2.05) is 0 Å².